The molecule has 4 bridgehead atoms. The number of esters is 3. The molecule has 4 saturated carbocycles. The van der Waals surface area contributed by atoms with Crippen LogP contribution in [-0.4, -0.2) is 72.7 Å². The number of ether oxygens (including phenoxy) is 7. The molecular weight excluding hydrogens is 785 g/mol. The van der Waals surface area contributed by atoms with Gasteiger partial charge in [0, 0.05) is 18.8 Å². The summed E-state index contributed by atoms with van der Waals surface area (Å²) in [5, 5.41) is 7.59. The quantitative estimate of drug-likeness (QED) is 0.0929. The van der Waals surface area contributed by atoms with Crippen LogP contribution in [0, 0.1) is 58.7 Å². The Balaban J connectivity index is 0.000000285. The Kier molecular flexibility index (Phi) is 15.7. The van der Waals surface area contributed by atoms with Crippen LogP contribution in [0.4, 0.5) is 0 Å². The molecule has 1 aromatic carbocycles. The fourth-order valence-corrected chi connectivity index (χ4v) is 9.64. The van der Waals surface area contributed by atoms with Gasteiger partial charge in [0.05, 0.1) is 14.2 Å². The lowest BCUT2D eigenvalue weighted by Crippen LogP contribution is -2.55. The Morgan fingerprint density at radius 2 is 1.25 bits per heavy atom. The summed E-state index contributed by atoms with van der Waals surface area (Å²) in [6.45, 7) is 13.3. The van der Waals surface area contributed by atoms with Crippen molar-refractivity contribution < 1.29 is 47.5 Å². The zero-order valence-electron chi connectivity index (χ0n) is 33.1. The minimum Gasteiger partial charge on any atom is -0.467 e. The summed E-state index contributed by atoms with van der Waals surface area (Å²) in [4.78, 5) is 35.9. The van der Waals surface area contributed by atoms with E-state index in [2.05, 4.69) is 19.1 Å². The zero-order chi connectivity index (χ0) is 40.5. The smallest absolute Gasteiger partial charge is 0.335 e. The van der Waals surface area contributed by atoms with E-state index in [9.17, 15) is 14.4 Å². The molecule has 0 amide bonds. The van der Waals surface area contributed by atoms with Gasteiger partial charge < -0.3 is 33.2 Å². The van der Waals surface area contributed by atoms with Crippen LogP contribution in [0.5, 0.6) is 5.75 Å². The normalized spacial score (nSPS) is 35.8. The van der Waals surface area contributed by atoms with Gasteiger partial charge in [-0.3, -0.25) is 10.2 Å². The van der Waals surface area contributed by atoms with Gasteiger partial charge in [0.25, 0.3) is 3.79 Å². The highest BCUT2D eigenvalue weighted by molar-refractivity contribution is 6.76. The first-order valence-corrected chi connectivity index (χ1v) is 20.4. The molecule has 2 heterocycles. The highest BCUT2D eigenvalue weighted by atomic mass is 35.6. The maximum Gasteiger partial charge on any atom is 0.335 e. The number of methoxy groups -OCH3 is 2. The van der Waals surface area contributed by atoms with E-state index < -0.39 is 58.5 Å². The highest BCUT2D eigenvalue weighted by Crippen LogP contribution is 2.58. The van der Waals surface area contributed by atoms with Crippen LogP contribution >= 0.6 is 34.8 Å². The molecular formula is C42H60Cl3NO10. The molecule has 2 saturated heterocycles. The summed E-state index contributed by atoms with van der Waals surface area (Å²) in [5.74, 6) is 1.74. The number of rotatable bonds is 7. The Bertz CT molecular complexity index is 1580. The molecule has 14 heteroatoms. The number of halogens is 3. The van der Waals surface area contributed by atoms with Crippen molar-refractivity contribution in [2.24, 2.45) is 53.3 Å². The van der Waals surface area contributed by atoms with Gasteiger partial charge in [0.1, 0.15) is 5.75 Å². The molecule has 314 valence electrons. The standard InChI is InChI=1S/C29H38O6.C12H18Cl3NO4.CH4/c1-15-16(2)27(33-18(4)30)29(35-26(15)28(31)32-5)34-24-8-6-7-21(14-24)17(3)25-22-10-19-9-20(12-22)13-23(25)11-19;1-5-6(2)8(9(17)18-4)19-10(7(5)3)20-11(16)12(13,14)15;/h6-8,14-16,19-20,22-23,26-27,29H,9-13H2,1-5H3;5-8,10,16H,1-4H3;1H4. The molecule has 10 atom stereocenters. The van der Waals surface area contributed by atoms with Gasteiger partial charge in [-0.15, -0.1) is 0 Å². The fraction of sp³-hybridized carbons (Fsp3) is 0.714. The molecule has 0 radical (unpaired) electrons. The summed E-state index contributed by atoms with van der Waals surface area (Å²) in [7, 11) is 2.64. The Hall–Kier alpha value is -2.57. The average molecular weight is 845 g/mol. The molecule has 10 unspecified atom stereocenters. The minimum absolute atomic E-state index is 0. The first kappa shape index (κ1) is 46.1. The van der Waals surface area contributed by atoms with Crippen molar-refractivity contribution in [3.05, 3.63) is 35.4 Å². The van der Waals surface area contributed by atoms with Crippen LogP contribution in [0.1, 0.15) is 93.6 Å². The van der Waals surface area contributed by atoms with E-state index >= 15 is 0 Å². The molecule has 7 rings (SSSR count). The third kappa shape index (κ3) is 10.2. The summed E-state index contributed by atoms with van der Waals surface area (Å²) >= 11 is 16.7. The molecule has 1 N–H and O–H groups in total. The van der Waals surface area contributed by atoms with Crippen molar-refractivity contribution in [1.29, 1.82) is 5.41 Å². The third-order valence-electron chi connectivity index (χ3n) is 12.9. The largest absolute Gasteiger partial charge is 0.467 e. The van der Waals surface area contributed by atoms with E-state index in [0.29, 0.717) is 5.75 Å². The predicted octanol–water partition coefficient (Wildman–Crippen LogP) is 9.19. The lowest BCUT2D eigenvalue weighted by atomic mass is 9.53. The number of hydrogen-bond donors (Lipinski definition) is 1. The first-order chi connectivity index (χ1) is 25.8. The van der Waals surface area contributed by atoms with E-state index in [1.165, 1.54) is 58.8 Å². The maximum atomic E-state index is 12.4. The monoisotopic (exact) mass is 843 g/mol. The van der Waals surface area contributed by atoms with Crippen LogP contribution in [0.2, 0.25) is 0 Å². The van der Waals surface area contributed by atoms with Gasteiger partial charge in [-0.1, -0.05) is 94.6 Å². The number of allylic oxidation sites excluding steroid dienone is 2. The van der Waals surface area contributed by atoms with Gasteiger partial charge in [0.15, 0.2) is 18.3 Å². The summed E-state index contributed by atoms with van der Waals surface area (Å²) in [5.41, 5.74) is 4.20. The minimum atomic E-state index is -1.96. The SMILES string of the molecule is C.COC(=O)C1OC(OC(=N)C(Cl)(Cl)Cl)C(C)C(C)C1C.COC(=O)C1OC(Oc2cccc(C(C)=C3C4CC5CC(C4)CC3C5)c2)C(OC(C)=O)C(C)C1C. The molecule has 4 aliphatic carbocycles. The average Bonchev–Trinajstić information content (AvgIpc) is 3.13. The second-order valence-electron chi connectivity index (χ2n) is 16.2. The third-order valence-corrected chi connectivity index (χ3v) is 13.4. The van der Waals surface area contributed by atoms with E-state index in [1.807, 2.05) is 46.8 Å². The van der Waals surface area contributed by atoms with Gasteiger partial charge >= 0.3 is 17.9 Å². The van der Waals surface area contributed by atoms with Gasteiger partial charge in [-0.25, -0.2) is 9.59 Å². The van der Waals surface area contributed by atoms with Crippen LogP contribution in [0.25, 0.3) is 5.57 Å². The molecule has 6 fully saturated rings. The molecule has 56 heavy (non-hydrogen) atoms. The second-order valence-corrected chi connectivity index (χ2v) is 18.5. The number of hydrogen-bond acceptors (Lipinski definition) is 11. The molecule has 6 aliphatic rings. The topological polar surface area (TPSA) is 140 Å². The maximum absolute atomic E-state index is 12.4. The molecule has 2 aliphatic heterocycles. The first-order valence-electron chi connectivity index (χ1n) is 19.3. The van der Waals surface area contributed by atoms with Gasteiger partial charge in [-0.05, 0) is 104 Å². The van der Waals surface area contributed by atoms with Gasteiger partial charge in [-0.2, -0.15) is 0 Å². The highest BCUT2D eigenvalue weighted by Gasteiger charge is 2.49. The Labute approximate surface area is 347 Å². The predicted molar refractivity (Wildman–Crippen MR) is 215 cm³/mol. The molecule has 0 aromatic heterocycles. The molecule has 11 nitrogen and oxygen atoms in total. The zero-order valence-corrected chi connectivity index (χ0v) is 35.4. The van der Waals surface area contributed by atoms with Crippen molar-refractivity contribution in [2.45, 2.75) is 123 Å². The number of benzene rings is 1. The molecule has 0 spiro atoms. The van der Waals surface area contributed by atoms with E-state index in [-0.39, 0.29) is 37.0 Å². The number of alkyl halides is 3. The van der Waals surface area contributed by atoms with Crippen molar-refractivity contribution in [3.8, 4) is 5.75 Å². The summed E-state index contributed by atoms with van der Waals surface area (Å²) in [6, 6.07) is 8.09. The van der Waals surface area contributed by atoms with Crippen molar-refractivity contribution in [1.82, 2.24) is 0 Å². The molecule has 1 aromatic rings. The van der Waals surface area contributed by atoms with E-state index in [0.717, 1.165) is 29.2 Å². The van der Waals surface area contributed by atoms with Crippen LogP contribution in [-0.2, 0) is 42.8 Å². The summed E-state index contributed by atoms with van der Waals surface area (Å²) in [6.07, 6.45) is 2.91. The number of carbonyl (C=O) groups excluding carboxylic acids is 3. The van der Waals surface area contributed by atoms with Crippen LogP contribution in [0.15, 0.2) is 29.8 Å². The Morgan fingerprint density at radius 1 is 0.732 bits per heavy atom. The van der Waals surface area contributed by atoms with Crippen molar-refractivity contribution in [2.75, 3.05) is 14.2 Å². The summed E-state index contributed by atoms with van der Waals surface area (Å²) < 4.78 is 36.5. The number of nitrogens with one attached hydrogen (secondary N) is 1. The second kappa shape index (κ2) is 19.0. The van der Waals surface area contributed by atoms with Crippen molar-refractivity contribution in [3.63, 3.8) is 0 Å². The lowest BCUT2D eigenvalue weighted by molar-refractivity contribution is -0.248. The van der Waals surface area contributed by atoms with Crippen LogP contribution < -0.4 is 4.74 Å². The van der Waals surface area contributed by atoms with Crippen molar-refractivity contribution >= 4 is 64.2 Å². The van der Waals surface area contributed by atoms with Crippen LogP contribution in [0.3, 0.4) is 0 Å². The van der Waals surface area contributed by atoms with E-state index in [1.54, 1.807) is 5.57 Å². The lowest BCUT2D eigenvalue weighted by Gasteiger charge is -2.52. The number of carbonyl (C=O) groups is 3. The van der Waals surface area contributed by atoms with Gasteiger partial charge in [0.2, 0.25) is 18.5 Å². The Morgan fingerprint density at radius 3 is 1.75 bits per heavy atom. The van der Waals surface area contributed by atoms with E-state index in [4.69, 9.17) is 73.4 Å². The fourth-order valence-electron chi connectivity index (χ4n) is 9.51.